The molecule has 0 heterocycles. The molecule has 0 aromatic rings. The second-order valence-corrected chi connectivity index (χ2v) is 3.25. The summed E-state index contributed by atoms with van der Waals surface area (Å²) in [5, 5.41) is 0. The van der Waals surface area contributed by atoms with E-state index in [-0.39, 0.29) is 23.4 Å². The SMILES string of the molecule is CCC(C(C)=O)C(CC)C(C)=O. The molecule has 0 aliphatic rings. The van der Waals surface area contributed by atoms with Gasteiger partial charge < -0.3 is 0 Å². The van der Waals surface area contributed by atoms with Crippen LogP contribution in [0.1, 0.15) is 40.5 Å². The first-order chi connectivity index (χ1) is 5.54. The summed E-state index contributed by atoms with van der Waals surface area (Å²) in [6.45, 7) is 7.05. The highest BCUT2D eigenvalue weighted by molar-refractivity contribution is 5.87. The molecule has 0 aliphatic carbocycles. The van der Waals surface area contributed by atoms with Gasteiger partial charge in [0.25, 0.3) is 0 Å². The molecule has 0 aromatic heterocycles. The zero-order chi connectivity index (χ0) is 9.72. The summed E-state index contributed by atoms with van der Waals surface area (Å²) in [5.74, 6) is 0.152. The van der Waals surface area contributed by atoms with Gasteiger partial charge in [-0.15, -0.1) is 0 Å². The Morgan fingerprint density at radius 3 is 1.25 bits per heavy atom. The van der Waals surface area contributed by atoms with E-state index in [0.29, 0.717) is 0 Å². The van der Waals surface area contributed by atoms with Crippen molar-refractivity contribution in [2.75, 3.05) is 0 Å². The Labute approximate surface area is 74.3 Å². The molecule has 0 radical (unpaired) electrons. The summed E-state index contributed by atoms with van der Waals surface area (Å²) >= 11 is 0. The van der Waals surface area contributed by atoms with Crippen LogP contribution in [0.4, 0.5) is 0 Å². The van der Waals surface area contributed by atoms with Crippen molar-refractivity contribution in [3.63, 3.8) is 0 Å². The Bertz CT molecular complexity index is 153. The molecule has 2 nitrogen and oxygen atoms in total. The molecule has 0 amide bonds. The standard InChI is InChI=1S/C10H18O2/c1-5-9(7(3)11)10(6-2)8(4)12/h9-10H,5-6H2,1-4H3. The molecule has 70 valence electrons. The van der Waals surface area contributed by atoms with Crippen molar-refractivity contribution in [1.82, 2.24) is 0 Å². The molecule has 0 fully saturated rings. The maximum atomic E-state index is 11.1. The summed E-state index contributed by atoms with van der Waals surface area (Å²) in [5.41, 5.74) is 0. The van der Waals surface area contributed by atoms with Gasteiger partial charge in [-0.3, -0.25) is 9.59 Å². The van der Waals surface area contributed by atoms with E-state index in [9.17, 15) is 9.59 Å². The number of hydrogen-bond donors (Lipinski definition) is 0. The third kappa shape index (κ3) is 2.76. The topological polar surface area (TPSA) is 34.1 Å². The van der Waals surface area contributed by atoms with E-state index < -0.39 is 0 Å². The number of carbonyl (C=O) groups excluding carboxylic acids is 2. The highest BCUT2D eigenvalue weighted by Gasteiger charge is 2.25. The van der Waals surface area contributed by atoms with E-state index in [1.54, 1.807) is 13.8 Å². The van der Waals surface area contributed by atoms with Gasteiger partial charge in [0.2, 0.25) is 0 Å². The first-order valence-electron chi connectivity index (χ1n) is 4.55. The van der Waals surface area contributed by atoms with Crippen LogP contribution >= 0.6 is 0 Å². The predicted octanol–water partition coefficient (Wildman–Crippen LogP) is 2.22. The molecule has 12 heavy (non-hydrogen) atoms. The third-order valence-corrected chi connectivity index (χ3v) is 2.41. The van der Waals surface area contributed by atoms with Crippen LogP contribution in [0.3, 0.4) is 0 Å². The average molecular weight is 170 g/mol. The minimum atomic E-state index is -0.0625. The van der Waals surface area contributed by atoms with Gasteiger partial charge in [-0.05, 0) is 26.7 Å². The van der Waals surface area contributed by atoms with E-state index >= 15 is 0 Å². The zero-order valence-electron chi connectivity index (χ0n) is 8.39. The van der Waals surface area contributed by atoms with Crippen molar-refractivity contribution in [2.24, 2.45) is 11.8 Å². The first-order valence-corrected chi connectivity index (χ1v) is 4.55. The van der Waals surface area contributed by atoms with Gasteiger partial charge >= 0.3 is 0 Å². The highest BCUT2D eigenvalue weighted by atomic mass is 16.1. The minimum Gasteiger partial charge on any atom is -0.300 e. The number of carbonyl (C=O) groups is 2. The van der Waals surface area contributed by atoms with E-state index in [4.69, 9.17) is 0 Å². The first kappa shape index (κ1) is 11.3. The quantitative estimate of drug-likeness (QED) is 0.634. The third-order valence-electron chi connectivity index (χ3n) is 2.41. The lowest BCUT2D eigenvalue weighted by atomic mass is 9.83. The van der Waals surface area contributed by atoms with Crippen molar-refractivity contribution in [2.45, 2.75) is 40.5 Å². The van der Waals surface area contributed by atoms with Crippen LogP contribution < -0.4 is 0 Å². The Kier molecular flexibility index (Phi) is 4.79. The Balaban J connectivity index is 4.44. The fourth-order valence-corrected chi connectivity index (χ4v) is 1.71. The fraction of sp³-hybridized carbons (Fsp3) is 0.800. The van der Waals surface area contributed by atoms with Gasteiger partial charge in [-0.2, -0.15) is 0 Å². The molecule has 0 saturated heterocycles. The molecule has 0 aliphatic heterocycles. The summed E-state index contributed by atoms with van der Waals surface area (Å²) in [6, 6.07) is 0. The van der Waals surface area contributed by atoms with E-state index in [1.807, 2.05) is 13.8 Å². The molecular formula is C10H18O2. The van der Waals surface area contributed by atoms with Gasteiger partial charge in [0.05, 0.1) is 0 Å². The Hall–Kier alpha value is -0.660. The van der Waals surface area contributed by atoms with Crippen molar-refractivity contribution in [3.05, 3.63) is 0 Å². The number of rotatable bonds is 5. The van der Waals surface area contributed by atoms with Crippen LogP contribution in [0.5, 0.6) is 0 Å². The monoisotopic (exact) mass is 170 g/mol. The number of hydrogen-bond acceptors (Lipinski definition) is 2. The van der Waals surface area contributed by atoms with E-state index in [2.05, 4.69) is 0 Å². The summed E-state index contributed by atoms with van der Waals surface area (Å²) in [7, 11) is 0. The lowest BCUT2D eigenvalue weighted by Gasteiger charge is -2.19. The van der Waals surface area contributed by atoms with Gasteiger partial charge in [0, 0.05) is 11.8 Å². The number of Topliss-reactive ketones (excluding diaryl/α,β-unsaturated/α-hetero) is 2. The van der Waals surface area contributed by atoms with Crippen molar-refractivity contribution in [1.29, 1.82) is 0 Å². The highest BCUT2D eigenvalue weighted by Crippen LogP contribution is 2.21. The second kappa shape index (κ2) is 5.07. The lowest BCUT2D eigenvalue weighted by molar-refractivity contribution is -0.130. The predicted molar refractivity (Wildman–Crippen MR) is 48.9 cm³/mol. The molecule has 0 spiro atoms. The second-order valence-electron chi connectivity index (χ2n) is 3.25. The van der Waals surface area contributed by atoms with E-state index in [1.165, 1.54) is 0 Å². The van der Waals surface area contributed by atoms with Crippen LogP contribution in [-0.4, -0.2) is 11.6 Å². The molecule has 2 heteroatoms. The van der Waals surface area contributed by atoms with Crippen LogP contribution in [-0.2, 0) is 9.59 Å². The Morgan fingerprint density at radius 2 is 1.17 bits per heavy atom. The number of ketones is 2. The molecular weight excluding hydrogens is 152 g/mol. The molecule has 0 bridgehead atoms. The molecule has 2 atom stereocenters. The van der Waals surface area contributed by atoms with Gasteiger partial charge in [0.1, 0.15) is 11.6 Å². The van der Waals surface area contributed by atoms with Crippen LogP contribution in [0.2, 0.25) is 0 Å². The maximum Gasteiger partial charge on any atom is 0.133 e. The molecule has 0 saturated carbocycles. The van der Waals surface area contributed by atoms with Crippen molar-refractivity contribution < 1.29 is 9.59 Å². The van der Waals surface area contributed by atoms with Crippen molar-refractivity contribution >= 4 is 11.6 Å². The summed E-state index contributed by atoms with van der Waals surface area (Å²) < 4.78 is 0. The van der Waals surface area contributed by atoms with Crippen molar-refractivity contribution in [3.8, 4) is 0 Å². The Morgan fingerprint density at radius 1 is 0.917 bits per heavy atom. The molecule has 0 aromatic carbocycles. The minimum absolute atomic E-state index is 0.0625. The average Bonchev–Trinajstić information content (AvgIpc) is 1.98. The molecule has 2 unspecified atom stereocenters. The van der Waals surface area contributed by atoms with Gasteiger partial charge in [-0.1, -0.05) is 13.8 Å². The van der Waals surface area contributed by atoms with Crippen LogP contribution in [0.15, 0.2) is 0 Å². The lowest BCUT2D eigenvalue weighted by Crippen LogP contribution is -2.26. The smallest absolute Gasteiger partial charge is 0.133 e. The molecule has 0 N–H and O–H groups in total. The van der Waals surface area contributed by atoms with Gasteiger partial charge in [-0.25, -0.2) is 0 Å². The van der Waals surface area contributed by atoms with E-state index in [0.717, 1.165) is 12.8 Å². The van der Waals surface area contributed by atoms with Crippen LogP contribution in [0.25, 0.3) is 0 Å². The zero-order valence-corrected chi connectivity index (χ0v) is 8.39. The normalized spacial score (nSPS) is 15.3. The van der Waals surface area contributed by atoms with Gasteiger partial charge in [0.15, 0.2) is 0 Å². The van der Waals surface area contributed by atoms with Crippen LogP contribution in [0, 0.1) is 11.8 Å². The summed E-state index contributed by atoms with van der Waals surface area (Å²) in [6.07, 6.45) is 1.54. The largest absolute Gasteiger partial charge is 0.300 e. The maximum absolute atomic E-state index is 11.1. The summed E-state index contributed by atoms with van der Waals surface area (Å²) in [4.78, 5) is 22.3. The fourth-order valence-electron chi connectivity index (χ4n) is 1.71. The molecule has 0 rings (SSSR count).